The van der Waals surface area contributed by atoms with Crippen molar-refractivity contribution in [3.8, 4) is 0 Å². The van der Waals surface area contributed by atoms with E-state index < -0.39 is 0 Å². The maximum Gasteiger partial charge on any atom is 0.220 e. The highest BCUT2D eigenvalue weighted by molar-refractivity contribution is 5.76. The number of carbonyl (C=O) groups is 1. The van der Waals surface area contributed by atoms with E-state index in [0.717, 1.165) is 6.42 Å². The third kappa shape index (κ3) is 3.32. The van der Waals surface area contributed by atoms with Crippen molar-refractivity contribution >= 4 is 5.91 Å². The molecule has 0 aliphatic carbocycles. The van der Waals surface area contributed by atoms with E-state index in [1.807, 2.05) is 0 Å². The molecule has 1 saturated heterocycles. The van der Waals surface area contributed by atoms with Crippen molar-refractivity contribution in [2.45, 2.75) is 25.8 Å². The van der Waals surface area contributed by atoms with Crippen LogP contribution in [0.2, 0.25) is 0 Å². The molecule has 0 aromatic heterocycles. The van der Waals surface area contributed by atoms with Crippen LogP contribution in [0, 0.1) is 5.92 Å². The zero-order valence-electron chi connectivity index (χ0n) is 8.08. The van der Waals surface area contributed by atoms with Crippen molar-refractivity contribution in [3.63, 3.8) is 0 Å². The summed E-state index contributed by atoms with van der Waals surface area (Å²) in [5.41, 5.74) is 5.50. The maximum absolute atomic E-state index is 11.4. The fraction of sp³-hybridized carbons (Fsp3) is 0.889. The second kappa shape index (κ2) is 5.19. The molecule has 0 saturated carbocycles. The minimum atomic E-state index is 0.102. The Morgan fingerprint density at radius 2 is 2.38 bits per heavy atom. The summed E-state index contributed by atoms with van der Waals surface area (Å²) in [5, 5.41) is 2.90. The maximum atomic E-state index is 11.4. The predicted octanol–water partition coefficient (Wildman–Crippen LogP) is -0.124. The van der Waals surface area contributed by atoms with Gasteiger partial charge in [0.25, 0.3) is 0 Å². The van der Waals surface area contributed by atoms with Crippen molar-refractivity contribution in [1.82, 2.24) is 5.32 Å². The molecule has 76 valence electrons. The van der Waals surface area contributed by atoms with Gasteiger partial charge in [-0.25, -0.2) is 0 Å². The summed E-state index contributed by atoms with van der Waals surface area (Å²) in [7, 11) is 0. The van der Waals surface area contributed by atoms with Crippen molar-refractivity contribution in [2.24, 2.45) is 11.7 Å². The van der Waals surface area contributed by atoms with E-state index in [-0.39, 0.29) is 11.9 Å². The van der Waals surface area contributed by atoms with E-state index in [1.54, 1.807) is 0 Å². The van der Waals surface area contributed by atoms with Gasteiger partial charge in [0.15, 0.2) is 0 Å². The van der Waals surface area contributed by atoms with E-state index >= 15 is 0 Å². The molecule has 1 amide bonds. The summed E-state index contributed by atoms with van der Waals surface area (Å²) in [6.45, 7) is 3.96. The van der Waals surface area contributed by atoms with Crippen LogP contribution in [-0.4, -0.2) is 31.7 Å². The van der Waals surface area contributed by atoms with Crippen molar-refractivity contribution < 1.29 is 9.53 Å². The minimum absolute atomic E-state index is 0.102. The van der Waals surface area contributed by atoms with Crippen LogP contribution >= 0.6 is 0 Å². The Kier molecular flexibility index (Phi) is 4.18. The molecule has 1 unspecified atom stereocenters. The highest BCUT2D eigenvalue weighted by Crippen LogP contribution is 2.07. The zero-order chi connectivity index (χ0) is 9.68. The van der Waals surface area contributed by atoms with Crippen LogP contribution in [0.4, 0.5) is 0 Å². The molecule has 0 bridgehead atoms. The molecule has 0 aromatic rings. The molecular formula is C9H18N2O2. The molecule has 0 spiro atoms. The largest absolute Gasteiger partial charge is 0.377 e. The zero-order valence-corrected chi connectivity index (χ0v) is 8.08. The molecule has 13 heavy (non-hydrogen) atoms. The van der Waals surface area contributed by atoms with Crippen LogP contribution in [0.25, 0.3) is 0 Å². The van der Waals surface area contributed by atoms with E-state index in [2.05, 4.69) is 12.2 Å². The molecule has 1 rings (SSSR count). The highest BCUT2D eigenvalue weighted by Gasteiger charge is 2.21. The first-order valence-electron chi connectivity index (χ1n) is 4.83. The van der Waals surface area contributed by atoms with E-state index in [4.69, 9.17) is 10.5 Å². The van der Waals surface area contributed by atoms with Gasteiger partial charge < -0.3 is 15.8 Å². The molecule has 1 aliphatic rings. The molecule has 4 heteroatoms. The number of rotatable bonds is 5. The number of hydrogen-bond donors (Lipinski definition) is 2. The van der Waals surface area contributed by atoms with Crippen LogP contribution < -0.4 is 11.1 Å². The molecule has 0 radical (unpaired) electrons. The van der Waals surface area contributed by atoms with Gasteiger partial charge in [0.2, 0.25) is 5.91 Å². The first-order chi connectivity index (χ1) is 6.26. The SMILES string of the molecule is CCC(CN)CC(=O)NC1COC1. The molecule has 1 atom stereocenters. The first kappa shape index (κ1) is 10.5. The third-order valence-electron chi connectivity index (χ3n) is 2.39. The average molecular weight is 186 g/mol. The lowest BCUT2D eigenvalue weighted by Crippen LogP contribution is -2.49. The number of amides is 1. The topological polar surface area (TPSA) is 64.4 Å². The number of ether oxygens (including phenoxy) is 1. The lowest BCUT2D eigenvalue weighted by Gasteiger charge is -2.27. The normalized spacial score (nSPS) is 19.2. The van der Waals surface area contributed by atoms with Crippen LogP contribution in [0.5, 0.6) is 0 Å². The van der Waals surface area contributed by atoms with Gasteiger partial charge in [0.05, 0.1) is 19.3 Å². The van der Waals surface area contributed by atoms with Gasteiger partial charge in [-0.15, -0.1) is 0 Å². The number of hydrogen-bond acceptors (Lipinski definition) is 3. The Hall–Kier alpha value is -0.610. The smallest absolute Gasteiger partial charge is 0.220 e. The monoisotopic (exact) mass is 186 g/mol. The van der Waals surface area contributed by atoms with E-state index in [0.29, 0.717) is 32.1 Å². The van der Waals surface area contributed by atoms with Crippen LogP contribution in [0.1, 0.15) is 19.8 Å². The van der Waals surface area contributed by atoms with Gasteiger partial charge in [-0.2, -0.15) is 0 Å². The summed E-state index contributed by atoms with van der Waals surface area (Å²) in [6, 6.07) is 0.239. The second-order valence-electron chi connectivity index (χ2n) is 3.52. The summed E-state index contributed by atoms with van der Waals surface area (Å²) < 4.78 is 4.95. The lowest BCUT2D eigenvalue weighted by atomic mass is 10.0. The Bertz CT molecular complexity index is 165. The Morgan fingerprint density at radius 3 is 2.77 bits per heavy atom. The summed E-state index contributed by atoms with van der Waals surface area (Å²) in [4.78, 5) is 11.4. The van der Waals surface area contributed by atoms with Gasteiger partial charge in [-0.3, -0.25) is 4.79 Å². The van der Waals surface area contributed by atoms with Gasteiger partial charge in [-0.05, 0) is 12.5 Å². The van der Waals surface area contributed by atoms with Gasteiger partial charge in [0, 0.05) is 6.42 Å². The van der Waals surface area contributed by atoms with Crippen molar-refractivity contribution in [2.75, 3.05) is 19.8 Å². The molecule has 1 heterocycles. The van der Waals surface area contributed by atoms with Gasteiger partial charge >= 0.3 is 0 Å². The summed E-state index contributed by atoms with van der Waals surface area (Å²) in [5.74, 6) is 0.423. The van der Waals surface area contributed by atoms with Crippen LogP contribution in [-0.2, 0) is 9.53 Å². The Balaban J connectivity index is 2.14. The molecule has 3 N–H and O–H groups in total. The minimum Gasteiger partial charge on any atom is -0.377 e. The quantitative estimate of drug-likeness (QED) is 0.629. The molecule has 4 nitrogen and oxygen atoms in total. The van der Waals surface area contributed by atoms with Gasteiger partial charge in [0.1, 0.15) is 0 Å². The summed E-state index contributed by atoms with van der Waals surface area (Å²) >= 11 is 0. The highest BCUT2D eigenvalue weighted by atomic mass is 16.5. The van der Waals surface area contributed by atoms with Crippen molar-refractivity contribution in [3.05, 3.63) is 0 Å². The number of carbonyl (C=O) groups excluding carboxylic acids is 1. The van der Waals surface area contributed by atoms with E-state index in [9.17, 15) is 4.79 Å². The molecule has 1 fully saturated rings. The first-order valence-corrected chi connectivity index (χ1v) is 4.83. The van der Waals surface area contributed by atoms with E-state index in [1.165, 1.54) is 0 Å². The van der Waals surface area contributed by atoms with Crippen LogP contribution in [0.3, 0.4) is 0 Å². The summed E-state index contributed by atoms with van der Waals surface area (Å²) in [6.07, 6.45) is 1.51. The lowest BCUT2D eigenvalue weighted by molar-refractivity contribution is -0.126. The second-order valence-corrected chi connectivity index (χ2v) is 3.52. The fourth-order valence-corrected chi connectivity index (χ4v) is 1.26. The third-order valence-corrected chi connectivity index (χ3v) is 2.39. The Morgan fingerprint density at radius 1 is 1.69 bits per heavy atom. The van der Waals surface area contributed by atoms with Crippen molar-refractivity contribution in [1.29, 1.82) is 0 Å². The number of nitrogens with two attached hydrogens (primary N) is 1. The van der Waals surface area contributed by atoms with Crippen LogP contribution in [0.15, 0.2) is 0 Å². The fourth-order valence-electron chi connectivity index (χ4n) is 1.26. The molecule has 1 aliphatic heterocycles. The number of nitrogens with one attached hydrogen (secondary N) is 1. The standard InChI is InChI=1S/C9H18N2O2/c1-2-7(4-10)3-9(12)11-8-5-13-6-8/h7-8H,2-6,10H2,1H3,(H,11,12). The Labute approximate surface area is 78.8 Å². The predicted molar refractivity (Wildman–Crippen MR) is 50.2 cm³/mol. The van der Waals surface area contributed by atoms with Gasteiger partial charge in [-0.1, -0.05) is 13.3 Å². The molecular weight excluding hydrogens is 168 g/mol. The molecule has 0 aromatic carbocycles. The average Bonchev–Trinajstić information content (AvgIpc) is 2.07.